The molecule has 20 heavy (non-hydrogen) atoms. The number of amides is 1. The standard InChI is InChI=1S/C15H14N4O/c1-19-9-13(8-17-19)18-14(20)11-3-2-4-12(7-11)15(10-16)5-6-15/h2-4,7-9H,5-6H2,1H3,(H,18,20). The van der Waals surface area contributed by atoms with Crippen LogP contribution < -0.4 is 5.32 Å². The Hall–Kier alpha value is -2.61. The van der Waals surface area contributed by atoms with Gasteiger partial charge >= 0.3 is 0 Å². The third-order valence-electron chi connectivity index (χ3n) is 3.60. The first-order chi connectivity index (χ1) is 9.63. The highest BCUT2D eigenvalue weighted by Crippen LogP contribution is 2.47. The van der Waals surface area contributed by atoms with Crippen LogP contribution >= 0.6 is 0 Å². The Labute approximate surface area is 116 Å². The van der Waals surface area contributed by atoms with Crippen molar-refractivity contribution in [1.82, 2.24) is 9.78 Å². The van der Waals surface area contributed by atoms with Gasteiger partial charge in [-0.25, -0.2) is 0 Å². The molecule has 0 saturated heterocycles. The zero-order valence-electron chi connectivity index (χ0n) is 11.1. The minimum absolute atomic E-state index is 0.186. The molecule has 1 N–H and O–H groups in total. The van der Waals surface area contributed by atoms with E-state index < -0.39 is 0 Å². The first kappa shape index (κ1) is 12.4. The number of hydrogen-bond acceptors (Lipinski definition) is 3. The van der Waals surface area contributed by atoms with Gasteiger partial charge in [-0.2, -0.15) is 10.4 Å². The Kier molecular flexibility index (Phi) is 2.79. The predicted octanol–water partition coefficient (Wildman–Crippen LogP) is 2.23. The number of nitrogens with one attached hydrogen (secondary N) is 1. The summed E-state index contributed by atoms with van der Waals surface area (Å²) in [5, 5.41) is 16.0. The van der Waals surface area contributed by atoms with Crippen molar-refractivity contribution in [3.8, 4) is 6.07 Å². The van der Waals surface area contributed by atoms with Crippen molar-refractivity contribution in [3.05, 3.63) is 47.8 Å². The molecule has 1 saturated carbocycles. The molecule has 0 aliphatic heterocycles. The fourth-order valence-electron chi connectivity index (χ4n) is 2.24. The highest BCUT2D eigenvalue weighted by atomic mass is 16.1. The Balaban J connectivity index is 1.82. The summed E-state index contributed by atoms with van der Waals surface area (Å²) in [6.07, 6.45) is 5.08. The summed E-state index contributed by atoms with van der Waals surface area (Å²) < 4.78 is 1.63. The van der Waals surface area contributed by atoms with Crippen LogP contribution in [-0.2, 0) is 12.5 Å². The molecule has 3 rings (SSSR count). The summed E-state index contributed by atoms with van der Waals surface area (Å²) in [6.45, 7) is 0. The van der Waals surface area contributed by atoms with E-state index in [-0.39, 0.29) is 11.3 Å². The summed E-state index contributed by atoms with van der Waals surface area (Å²) >= 11 is 0. The number of aryl methyl sites for hydroxylation is 1. The van der Waals surface area contributed by atoms with Gasteiger partial charge in [-0.3, -0.25) is 9.48 Å². The number of nitrogens with zero attached hydrogens (tertiary/aromatic N) is 3. The highest BCUT2D eigenvalue weighted by molar-refractivity contribution is 6.04. The van der Waals surface area contributed by atoms with Gasteiger partial charge in [0.05, 0.1) is 23.4 Å². The van der Waals surface area contributed by atoms with Crippen LogP contribution in [0.2, 0.25) is 0 Å². The number of nitriles is 1. The molecule has 0 unspecified atom stereocenters. The van der Waals surface area contributed by atoms with Crippen LogP contribution in [0.4, 0.5) is 5.69 Å². The highest BCUT2D eigenvalue weighted by Gasteiger charge is 2.44. The quantitative estimate of drug-likeness (QED) is 0.926. The van der Waals surface area contributed by atoms with Gasteiger partial charge in [0, 0.05) is 18.8 Å². The van der Waals surface area contributed by atoms with E-state index in [4.69, 9.17) is 0 Å². The van der Waals surface area contributed by atoms with Gasteiger partial charge in [0.25, 0.3) is 5.91 Å². The Morgan fingerprint density at radius 1 is 1.50 bits per heavy atom. The maximum atomic E-state index is 12.2. The molecule has 1 aromatic carbocycles. The number of benzene rings is 1. The Morgan fingerprint density at radius 3 is 2.90 bits per heavy atom. The van der Waals surface area contributed by atoms with Gasteiger partial charge in [-0.15, -0.1) is 0 Å². The van der Waals surface area contributed by atoms with E-state index in [2.05, 4.69) is 16.5 Å². The lowest BCUT2D eigenvalue weighted by atomic mass is 9.96. The number of rotatable bonds is 3. The molecular weight excluding hydrogens is 252 g/mol. The number of anilines is 1. The van der Waals surface area contributed by atoms with Crippen molar-refractivity contribution in [2.45, 2.75) is 18.3 Å². The van der Waals surface area contributed by atoms with Crippen LogP contribution in [0.5, 0.6) is 0 Å². The number of hydrogen-bond donors (Lipinski definition) is 1. The SMILES string of the molecule is Cn1cc(NC(=O)c2cccc(C3(C#N)CC3)c2)cn1. The summed E-state index contributed by atoms with van der Waals surface area (Å²) in [7, 11) is 1.79. The van der Waals surface area contributed by atoms with E-state index >= 15 is 0 Å². The van der Waals surface area contributed by atoms with Crippen molar-refractivity contribution < 1.29 is 4.79 Å². The molecule has 100 valence electrons. The second-order valence-corrected chi connectivity index (χ2v) is 5.13. The van der Waals surface area contributed by atoms with Crippen LogP contribution in [0, 0.1) is 11.3 Å². The molecule has 1 heterocycles. The average molecular weight is 266 g/mol. The molecule has 1 aromatic heterocycles. The van der Waals surface area contributed by atoms with E-state index in [1.54, 1.807) is 30.2 Å². The Morgan fingerprint density at radius 2 is 2.30 bits per heavy atom. The smallest absolute Gasteiger partial charge is 0.255 e. The van der Waals surface area contributed by atoms with Crippen LogP contribution in [0.15, 0.2) is 36.7 Å². The molecule has 1 aliphatic rings. The van der Waals surface area contributed by atoms with Crippen LogP contribution in [-0.4, -0.2) is 15.7 Å². The molecule has 1 amide bonds. The number of aromatic nitrogens is 2. The molecule has 5 heteroatoms. The third-order valence-corrected chi connectivity index (χ3v) is 3.60. The van der Waals surface area contributed by atoms with Crippen molar-refractivity contribution in [2.75, 3.05) is 5.32 Å². The van der Waals surface area contributed by atoms with Gasteiger partial charge in [-0.1, -0.05) is 12.1 Å². The minimum atomic E-state index is -0.370. The van der Waals surface area contributed by atoms with Crippen molar-refractivity contribution in [3.63, 3.8) is 0 Å². The number of carbonyl (C=O) groups excluding carboxylic acids is 1. The minimum Gasteiger partial charge on any atom is -0.319 e. The summed E-state index contributed by atoms with van der Waals surface area (Å²) in [6, 6.07) is 9.64. The van der Waals surface area contributed by atoms with E-state index in [0.29, 0.717) is 11.3 Å². The fraction of sp³-hybridized carbons (Fsp3) is 0.267. The van der Waals surface area contributed by atoms with E-state index in [9.17, 15) is 10.1 Å². The summed E-state index contributed by atoms with van der Waals surface area (Å²) in [4.78, 5) is 12.2. The van der Waals surface area contributed by atoms with Crippen molar-refractivity contribution in [2.24, 2.45) is 7.05 Å². The second kappa shape index (κ2) is 4.49. The molecule has 1 fully saturated rings. The molecular formula is C15H14N4O. The first-order valence-electron chi connectivity index (χ1n) is 6.45. The lowest BCUT2D eigenvalue weighted by Crippen LogP contribution is -2.13. The molecule has 0 bridgehead atoms. The lowest BCUT2D eigenvalue weighted by Gasteiger charge is -2.08. The van der Waals surface area contributed by atoms with Crippen molar-refractivity contribution >= 4 is 11.6 Å². The topological polar surface area (TPSA) is 70.7 Å². The van der Waals surface area contributed by atoms with Crippen LogP contribution in [0.25, 0.3) is 0 Å². The monoisotopic (exact) mass is 266 g/mol. The van der Waals surface area contributed by atoms with E-state index in [0.717, 1.165) is 18.4 Å². The van der Waals surface area contributed by atoms with E-state index in [1.807, 2.05) is 18.2 Å². The van der Waals surface area contributed by atoms with Crippen LogP contribution in [0.1, 0.15) is 28.8 Å². The maximum Gasteiger partial charge on any atom is 0.255 e. The molecule has 0 radical (unpaired) electrons. The normalized spacial score (nSPS) is 15.4. The first-order valence-corrected chi connectivity index (χ1v) is 6.45. The molecule has 1 aliphatic carbocycles. The van der Waals surface area contributed by atoms with Gasteiger partial charge in [0.15, 0.2) is 0 Å². The van der Waals surface area contributed by atoms with Gasteiger partial charge < -0.3 is 5.32 Å². The summed E-state index contributed by atoms with van der Waals surface area (Å²) in [5.74, 6) is -0.186. The average Bonchev–Trinajstić information content (AvgIpc) is 3.17. The third kappa shape index (κ3) is 2.16. The predicted molar refractivity (Wildman–Crippen MR) is 74.1 cm³/mol. The lowest BCUT2D eigenvalue weighted by molar-refractivity contribution is 0.102. The van der Waals surface area contributed by atoms with Gasteiger partial charge in [0.2, 0.25) is 0 Å². The van der Waals surface area contributed by atoms with Gasteiger partial charge in [-0.05, 0) is 30.5 Å². The molecule has 0 spiro atoms. The second-order valence-electron chi connectivity index (χ2n) is 5.13. The van der Waals surface area contributed by atoms with Crippen LogP contribution in [0.3, 0.4) is 0 Å². The van der Waals surface area contributed by atoms with Crippen molar-refractivity contribution in [1.29, 1.82) is 5.26 Å². The maximum absolute atomic E-state index is 12.2. The summed E-state index contributed by atoms with van der Waals surface area (Å²) in [5.41, 5.74) is 1.78. The van der Waals surface area contributed by atoms with Gasteiger partial charge in [0.1, 0.15) is 0 Å². The zero-order chi connectivity index (χ0) is 14.2. The largest absolute Gasteiger partial charge is 0.319 e. The van der Waals surface area contributed by atoms with E-state index in [1.165, 1.54) is 0 Å². The number of carbonyl (C=O) groups is 1. The fourth-order valence-corrected chi connectivity index (χ4v) is 2.24. The Bertz CT molecular complexity index is 707. The molecule has 5 nitrogen and oxygen atoms in total. The molecule has 0 atom stereocenters. The zero-order valence-corrected chi connectivity index (χ0v) is 11.1. The molecule has 2 aromatic rings.